The van der Waals surface area contributed by atoms with E-state index >= 15 is 0 Å². The molecule has 0 bridgehead atoms. The molecule has 9 heteroatoms. The minimum absolute atomic E-state index is 0.0221. The minimum Gasteiger partial charge on any atom is -0.494 e. The second-order valence-electron chi connectivity index (χ2n) is 7.84. The van der Waals surface area contributed by atoms with Crippen LogP contribution in [0.25, 0.3) is 0 Å². The molecule has 2 aromatic rings. The lowest BCUT2D eigenvalue weighted by Crippen LogP contribution is -2.50. The van der Waals surface area contributed by atoms with Crippen LogP contribution in [0.1, 0.15) is 25.5 Å². The van der Waals surface area contributed by atoms with E-state index in [4.69, 9.17) is 9.47 Å². The Balaban J connectivity index is 1.41. The van der Waals surface area contributed by atoms with E-state index in [9.17, 15) is 9.18 Å². The first-order valence-electron chi connectivity index (χ1n) is 9.94. The van der Waals surface area contributed by atoms with Crippen molar-refractivity contribution in [2.75, 3.05) is 36.3 Å². The Bertz CT molecular complexity index is 979. The van der Waals surface area contributed by atoms with Gasteiger partial charge in [0, 0.05) is 39.0 Å². The van der Waals surface area contributed by atoms with Crippen LogP contribution in [0, 0.1) is 12.7 Å². The molecule has 1 aromatic heterocycles. The molecule has 1 aromatic carbocycles. The number of hydrogen-bond donors (Lipinski definition) is 1. The predicted molar refractivity (Wildman–Crippen MR) is 112 cm³/mol. The Labute approximate surface area is 175 Å². The SMILES string of the molecule is COc1cc(OC2CC(Nc3nc(C)c4c(n3)N(C)[C@@H](C)C(=O)N4C)C2)ccc1F. The van der Waals surface area contributed by atoms with Crippen molar-refractivity contribution in [3.8, 4) is 11.5 Å². The van der Waals surface area contributed by atoms with Crippen LogP contribution in [0.15, 0.2) is 18.2 Å². The summed E-state index contributed by atoms with van der Waals surface area (Å²) in [6.07, 6.45) is 1.59. The summed E-state index contributed by atoms with van der Waals surface area (Å²) in [5, 5.41) is 3.36. The Morgan fingerprint density at radius 2 is 1.97 bits per heavy atom. The standard InChI is InChI=1S/C21H26FN5O3/c1-11-18-19(26(3)12(2)20(28)27(18)4)25-21(23-11)24-13-8-15(9-13)30-14-6-7-16(22)17(10-14)29-5/h6-7,10,12-13,15H,8-9H2,1-5H3,(H,23,24,25)/t12-,13?,15?/m0/s1. The molecule has 4 rings (SSSR count). The number of amides is 1. The van der Waals surface area contributed by atoms with Gasteiger partial charge in [-0.05, 0) is 26.0 Å². The highest BCUT2D eigenvalue weighted by Gasteiger charge is 2.36. The highest BCUT2D eigenvalue weighted by atomic mass is 19.1. The van der Waals surface area contributed by atoms with Gasteiger partial charge in [-0.15, -0.1) is 0 Å². The summed E-state index contributed by atoms with van der Waals surface area (Å²) < 4.78 is 24.4. The average Bonchev–Trinajstić information content (AvgIpc) is 2.69. The van der Waals surface area contributed by atoms with E-state index in [0.717, 1.165) is 30.0 Å². The van der Waals surface area contributed by atoms with Crippen molar-refractivity contribution < 1.29 is 18.7 Å². The molecule has 1 amide bonds. The zero-order valence-electron chi connectivity index (χ0n) is 17.8. The van der Waals surface area contributed by atoms with E-state index in [0.29, 0.717) is 11.7 Å². The predicted octanol–water partition coefficient (Wildman–Crippen LogP) is 2.76. The molecule has 2 aliphatic rings. The Morgan fingerprint density at radius 3 is 2.67 bits per heavy atom. The number of fused-ring (bicyclic) bond motifs is 1. The molecule has 8 nitrogen and oxygen atoms in total. The normalized spacial score (nSPS) is 23.0. The third-order valence-electron chi connectivity index (χ3n) is 5.83. The first kappa shape index (κ1) is 20.2. The average molecular weight is 415 g/mol. The van der Waals surface area contributed by atoms with Crippen LogP contribution in [0.2, 0.25) is 0 Å². The number of aromatic nitrogens is 2. The molecule has 1 saturated carbocycles. The van der Waals surface area contributed by atoms with Gasteiger partial charge in [0.2, 0.25) is 11.9 Å². The fraction of sp³-hybridized carbons (Fsp3) is 0.476. The van der Waals surface area contributed by atoms with Crippen LogP contribution < -0.4 is 24.6 Å². The molecule has 0 spiro atoms. The van der Waals surface area contributed by atoms with Crippen LogP contribution in [0.5, 0.6) is 11.5 Å². The van der Waals surface area contributed by atoms with Gasteiger partial charge in [-0.1, -0.05) is 0 Å². The molecular formula is C21H26FN5O3. The second-order valence-corrected chi connectivity index (χ2v) is 7.84. The fourth-order valence-electron chi connectivity index (χ4n) is 3.86. The molecule has 1 aliphatic heterocycles. The molecule has 1 atom stereocenters. The minimum atomic E-state index is -0.412. The van der Waals surface area contributed by atoms with E-state index < -0.39 is 5.82 Å². The van der Waals surface area contributed by atoms with Gasteiger partial charge in [0.15, 0.2) is 17.4 Å². The van der Waals surface area contributed by atoms with E-state index in [1.54, 1.807) is 24.1 Å². The number of aryl methyl sites for hydroxylation is 1. The van der Waals surface area contributed by atoms with Gasteiger partial charge in [0.05, 0.1) is 12.8 Å². The van der Waals surface area contributed by atoms with E-state index in [1.807, 2.05) is 25.8 Å². The van der Waals surface area contributed by atoms with Crippen molar-refractivity contribution in [1.82, 2.24) is 9.97 Å². The van der Waals surface area contributed by atoms with Gasteiger partial charge < -0.3 is 24.6 Å². The second kappa shape index (κ2) is 7.62. The maximum Gasteiger partial charge on any atom is 0.249 e. The summed E-state index contributed by atoms with van der Waals surface area (Å²) in [5.41, 5.74) is 1.49. The van der Waals surface area contributed by atoms with Crippen LogP contribution >= 0.6 is 0 Å². The number of benzene rings is 1. The lowest BCUT2D eigenvalue weighted by Gasteiger charge is -2.38. The van der Waals surface area contributed by atoms with Crippen molar-refractivity contribution >= 4 is 23.4 Å². The van der Waals surface area contributed by atoms with E-state index in [-0.39, 0.29) is 29.8 Å². The number of carbonyl (C=O) groups is 1. The van der Waals surface area contributed by atoms with Crippen molar-refractivity contribution in [3.63, 3.8) is 0 Å². The summed E-state index contributed by atoms with van der Waals surface area (Å²) in [4.78, 5) is 25.1. The summed E-state index contributed by atoms with van der Waals surface area (Å²) in [6.45, 7) is 3.75. The third-order valence-corrected chi connectivity index (χ3v) is 5.83. The summed E-state index contributed by atoms with van der Waals surface area (Å²) in [5.74, 6) is 1.64. The first-order valence-corrected chi connectivity index (χ1v) is 9.94. The number of carbonyl (C=O) groups excluding carboxylic acids is 1. The fourth-order valence-corrected chi connectivity index (χ4v) is 3.86. The van der Waals surface area contributed by atoms with Crippen LogP contribution in [-0.2, 0) is 4.79 Å². The molecule has 160 valence electrons. The first-order chi connectivity index (χ1) is 14.3. The van der Waals surface area contributed by atoms with Gasteiger partial charge in [-0.2, -0.15) is 4.98 Å². The largest absolute Gasteiger partial charge is 0.494 e. The number of nitrogens with zero attached hydrogens (tertiary/aromatic N) is 4. The topological polar surface area (TPSA) is 79.8 Å². The molecule has 1 fully saturated rings. The number of halogens is 1. The van der Waals surface area contributed by atoms with Gasteiger partial charge in [0.1, 0.15) is 23.6 Å². The lowest BCUT2D eigenvalue weighted by atomic mass is 9.89. The molecule has 30 heavy (non-hydrogen) atoms. The van der Waals surface area contributed by atoms with Crippen molar-refractivity contribution in [2.24, 2.45) is 0 Å². The summed E-state index contributed by atoms with van der Waals surface area (Å²) in [6, 6.07) is 4.40. The summed E-state index contributed by atoms with van der Waals surface area (Å²) in [7, 11) is 5.05. The number of hydrogen-bond acceptors (Lipinski definition) is 7. The zero-order valence-corrected chi connectivity index (χ0v) is 17.8. The highest BCUT2D eigenvalue weighted by molar-refractivity contribution is 6.04. The Morgan fingerprint density at radius 1 is 1.23 bits per heavy atom. The molecule has 2 heterocycles. The van der Waals surface area contributed by atoms with Crippen LogP contribution in [0.3, 0.4) is 0 Å². The van der Waals surface area contributed by atoms with Crippen molar-refractivity contribution in [2.45, 2.75) is 44.9 Å². The molecular weight excluding hydrogens is 389 g/mol. The number of nitrogens with one attached hydrogen (secondary N) is 1. The van der Waals surface area contributed by atoms with Crippen LogP contribution in [0.4, 0.5) is 21.8 Å². The molecule has 0 unspecified atom stereocenters. The molecule has 1 N–H and O–H groups in total. The Hall–Kier alpha value is -3.10. The van der Waals surface area contributed by atoms with E-state index in [1.165, 1.54) is 13.2 Å². The van der Waals surface area contributed by atoms with Crippen molar-refractivity contribution in [1.29, 1.82) is 0 Å². The third kappa shape index (κ3) is 3.48. The van der Waals surface area contributed by atoms with Crippen molar-refractivity contribution in [3.05, 3.63) is 29.7 Å². The van der Waals surface area contributed by atoms with Gasteiger partial charge in [-0.3, -0.25) is 4.79 Å². The number of methoxy groups -OCH3 is 1. The highest BCUT2D eigenvalue weighted by Crippen LogP contribution is 2.36. The van der Waals surface area contributed by atoms with Gasteiger partial charge >= 0.3 is 0 Å². The molecule has 0 radical (unpaired) electrons. The monoisotopic (exact) mass is 415 g/mol. The maximum absolute atomic E-state index is 13.5. The van der Waals surface area contributed by atoms with Gasteiger partial charge in [0.25, 0.3) is 0 Å². The van der Waals surface area contributed by atoms with Crippen LogP contribution in [-0.4, -0.2) is 55.3 Å². The van der Waals surface area contributed by atoms with Gasteiger partial charge in [-0.25, -0.2) is 9.37 Å². The van der Waals surface area contributed by atoms with E-state index in [2.05, 4.69) is 15.3 Å². The zero-order chi connectivity index (χ0) is 21.6. The maximum atomic E-state index is 13.5. The number of ether oxygens (including phenoxy) is 2. The smallest absolute Gasteiger partial charge is 0.249 e. The molecule has 0 saturated heterocycles. The molecule has 1 aliphatic carbocycles. The quantitative estimate of drug-likeness (QED) is 0.804. The summed E-state index contributed by atoms with van der Waals surface area (Å²) >= 11 is 0. The number of likely N-dealkylation sites (N-methyl/N-ethyl adjacent to an activating group) is 2. The lowest BCUT2D eigenvalue weighted by molar-refractivity contribution is -0.119. The number of anilines is 3. The Kier molecular flexibility index (Phi) is 5.13. The number of rotatable bonds is 5.